The van der Waals surface area contributed by atoms with E-state index in [1.54, 1.807) is 18.3 Å². The highest BCUT2D eigenvalue weighted by Crippen LogP contribution is 2.32. The van der Waals surface area contributed by atoms with Crippen molar-refractivity contribution in [2.24, 2.45) is 4.99 Å². The molecule has 0 atom stereocenters. The molecule has 2 aromatic rings. The molecule has 0 fully saturated rings. The number of amides is 1. The molecule has 6 nitrogen and oxygen atoms in total. The summed E-state index contributed by atoms with van der Waals surface area (Å²) < 4.78 is 52.2. The van der Waals surface area contributed by atoms with Crippen LogP contribution < -0.4 is 16.0 Å². The average molecular weight is 525 g/mol. The summed E-state index contributed by atoms with van der Waals surface area (Å²) in [6.45, 7) is 0.358. The van der Waals surface area contributed by atoms with Gasteiger partial charge in [0.25, 0.3) is 5.91 Å². The average Bonchev–Trinajstić information content (AvgIpc) is 2.68. The first-order valence-electron chi connectivity index (χ1n) is 8.29. The first-order chi connectivity index (χ1) is 13.3. The lowest BCUT2D eigenvalue weighted by Gasteiger charge is -2.16. The number of aliphatic imine (C=N–C) groups is 1. The zero-order chi connectivity index (χ0) is 20.6. The molecule has 1 amide bonds. The Labute approximate surface area is 182 Å². The third-order valence-electron chi connectivity index (χ3n) is 3.67. The molecule has 3 N–H and O–H groups in total. The van der Waals surface area contributed by atoms with Crippen molar-refractivity contribution in [3.63, 3.8) is 0 Å². The number of aromatic nitrogens is 1. The third-order valence-corrected chi connectivity index (χ3v) is 3.67. The lowest BCUT2D eigenvalue weighted by atomic mass is 10.1. The van der Waals surface area contributed by atoms with Crippen LogP contribution in [-0.2, 0) is 12.7 Å². The van der Waals surface area contributed by atoms with E-state index in [9.17, 15) is 22.4 Å². The Bertz CT molecular complexity index is 831. The molecule has 1 aromatic heterocycles. The Hall–Kier alpha value is -2.44. The summed E-state index contributed by atoms with van der Waals surface area (Å²) in [7, 11) is 1.46. The molecule has 158 valence electrons. The van der Waals surface area contributed by atoms with Gasteiger partial charge in [0.1, 0.15) is 5.82 Å². The Balaban J connectivity index is 0.00000420. The Morgan fingerprint density at radius 2 is 1.86 bits per heavy atom. The minimum atomic E-state index is -4.66. The van der Waals surface area contributed by atoms with E-state index in [1.165, 1.54) is 13.2 Å². The second kappa shape index (κ2) is 11.5. The van der Waals surface area contributed by atoms with Gasteiger partial charge in [0, 0.05) is 39.1 Å². The van der Waals surface area contributed by atoms with Gasteiger partial charge in [0.15, 0.2) is 5.96 Å². The molecule has 2 rings (SSSR count). The summed E-state index contributed by atoms with van der Waals surface area (Å²) in [4.78, 5) is 19.6. The van der Waals surface area contributed by atoms with Gasteiger partial charge in [-0.1, -0.05) is 6.07 Å². The highest BCUT2D eigenvalue weighted by molar-refractivity contribution is 14.0. The van der Waals surface area contributed by atoms with Crippen molar-refractivity contribution >= 4 is 35.8 Å². The summed E-state index contributed by atoms with van der Waals surface area (Å²) >= 11 is 0. The van der Waals surface area contributed by atoms with E-state index in [4.69, 9.17) is 0 Å². The molecule has 1 aromatic carbocycles. The van der Waals surface area contributed by atoms with Crippen LogP contribution in [0.2, 0.25) is 0 Å². The monoisotopic (exact) mass is 525 g/mol. The van der Waals surface area contributed by atoms with Gasteiger partial charge in [-0.2, -0.15) is 13.2 Å². The number of nitrogens with one attached hydrogen (secondary N) is 3. The Morgan fingerprint density at radius 3 is 2.48 bits per heavy atom. The lowest BCUT2D eigenvalue weighted by Crippen LogP contribution is -2.41. The predicted molar refractivity (Wildman–Crippen MR) is 112 cm³/mol. The molecule has 0 bridgehead atoms. The number of halogens is 5. The number of carbonyl (C=O) groups is 1. The van der Waals surface area contributed by atoms with Crippen LogP contribution in [0.25, 0.3) is 0 Å². The predicted octanol–water partition coefficient (Wildman–Crippen LogP) is 2.95. The van der Waals surface area contributed by atoms with E-state index in [1.807, 2.05) is 0 Å². The summed E-state index contributed by atoms with van der Waals surface area (Å²) in [5.74, 6) is -1.00. The Morgan fingerprint density at radius 1 is 1.14 bits per heavy atom. The van der Waals surface area contributed by atoms with E-state index >= 15 is 0 Å². The molecule has 0 aliphatic carbocycles. The van der Waals surface area contributed by atoms with E-state index in [0.29, 0.717) is 18.2 Å². The summed E-state index contributed by atoms with van der Waals surface area (Å²) in [6, 6.07) is 5.77. The lowest BCUT2D eigenvalue weighted by molar-refractivity contribution is -0.138. The number of nitrogens with zero attached hydrogens (tertiary/aromatic N) is 2. The second-order valence-electron chi connectivity index (χ2n) is 5.65. The van der Waals surface area contributed by atoms with Crippen LogP contribution in [0.3, 0.4) is 0 Å². The number of carbonyl (C=O) groups excluding carboxylic acids is 1. The van der Waals surface area contributed by atoms with Gasteiger partial charge in [0.05, 0.1) is 11.1 Å². The van der Waals surface area contributed by atoms with Crippen LogP contribution >= 0.6 is 24.0 Å². The zero-order valence-corrected chi connectivity index (χ0v) is 17.7. The molecule has 0 saturated carbocycles. The maximum Gasteiger partial charge on any atom is 0.416 e. The smallest absolute Gasteiger partial charge is 0.355 e. The van der Waals surface area contributed by atoms with Gasteiger partial charge in [0.2, 0.25) is 0 Å². The van der Waals surface area contributed by atoms with Crippen LogP contribution in [0.4, 0.5) is 17.6 Å². The van der Waals surface area contributed by atoms with Crippen molar-refractivity contribution in [3.05, 3.63) is 65.2 Å². The molecular weight excluding hydrogens is 505 g/mol. The van der Waals surface area contributed by atoms with Crippen molar-refractivity contribution in [2.45, 2.75) is 12.7 Å². The Kier molecular flexibility index (Phi) is 9.78. The highest BCUT2D eigenvalue weighted by atomic mass is 127. The number of rotatable bonds is 6. The standard InChI is InChI=1S/C18H19F4N5O.HI/c1-23-17(26-8-7-25-16(28)13-3-2-6-24-10-13)27-11-12-4-5-14(19)9-15(12)18(20,21)22;/h2-6,9-10H,7-8,11H2,1H3,(H,25,28)(H2,23,26,27);1H. The maximum atomic E-state index is 13.1. The first-order valence-corrected chi connectivity index (χ1v) is 8.29. The largest absolute Gasteiger partial charge is 0.416 e. The van der Waals surface area contributed by atoms with Crippen molar-refractivity contribution in [1.82, 2.24) is 20.9 Å². The number of hydrogen-bond donors (Lipinski definition) is 3. The van der Waals surface area contributed by atoms with Gasteiger partial charge in [-0.3, -0.25) is 14.8 Å². The van der Waals surface area contributed by atoms with Gasteiger partial charge < -0.3 is 16.0 Å². The number of pyridine rings is 1. The molecule has 0 radical (unpaired) electrons. The SMILES string of the molecule is CN=C(NCCNC(=O)c1cccnc1)NCc1ccc(F)cc1C(F)(F)F.I. The van der Waals surface area contributed by atoms with Crippen LogP contribution in [0.1, 0.15) is 21.5 Å². The van der Waals surface area contributed by atoms with E-state index < -0.39 is 17.6 Å². The van der Waals surface area contributed by atoms with Crippen molar-refractivity contribution in [1.29, 1.82) is 0 Å². The molecular formula is C18H20F4IN5O. The fourth-order valence-electron chi connectivity index (χ4n) is 2.32. The topological polar surface area (TPSA) is 78.4 Å². The highest BCUT2D eigenvalue weighted by Gasteiger charge is 2.33. The van der Waals surface area contributed by atoms with Gasteiger partial charge in [-0.25, -0.2) is 4.39 Å². The van der Waals surface area contributed by atoms with E-state index in [2.05, 4.69) is 25.9 Å². The quantitative estimate of drug-likeness (QED) is 0.178. The molecule has 0 aliphatic rings. The molecule has 29 heavy (non-hydrogen) atoms. The van der Waals surface area contributed by atoms with Gasteiger partial charge >= 0.3 is 6.18 Å². The van der Waals surface area contributed by atoms with E-state index in [-0.39, 0.29) is 54.5 Å². The summed E-state index contributed by atoms with van der Waals surface area (Å²) in [5, 5.41) is 8.27. The molecule has 1 heterocycles. The van der Waals surface area contributed by atoms with Crippen molar-refractivity contribution < 1.29 is 22.4 Å². The molecule has 0 aliphatic heterocycles. The minimum absolute atomic E-state index is 0. The van der Waals surface area contributed by atoms with Gasteiger partial charge in [-0.15, -0.1) is 24.0 Å². The van der Waals surface area contributed by atoms with Crippen molar-refractivity contribution in [3.8, 4) is 0 Å². The summed E-state index contributed by atoms with van der Waals surface area (Å²) in [5.41, 5.74) is -0.734. The normalized spacial score (nSPS) is 11.4. The van der Waals surface area contributed by atoms with Crippen LogP contribution in [0.5, 0.6) is 0 Å². The summed E-state index contributed by atoms with van der Waals surface area (Å²) in [6.07, 6.45) is -1.67. The fourth-order valence-corrected chi connectivity index (χ4v) is 2.32. The van der Waals surface area contributed by atoms with Gasteiger partial charge in [-0.05, 0) is 29.8 Å². The van der Waals surface area contributed by atoms with E-state index in [0.717, 1.165) is 12.1 Å². The molecule has 11 heteroatoms. The van der Waals surface area contributed by atoms with Crippen LogP contribution in [0, 0.1) is 5.82 Å². The maximum absolute atomic E-state index is 13.1. The zero-order valence-electron chi connectivity index (χ0n) is 15.4. The molecule has 0 saturated heterocycles. The van der Waals surface area contributed by atoms with Crippen molar-refractivity contribution in [2.75, 3.05) is 20.1 Å². The second-order valence-corrected chi connectivity index (χ2v) is 5.65. The third kappa shape index (κ3) is 7.83. The number of benzene rings is 1. The molecule has 0 unspecified atom stereocenters. The molecule has 0 spiro atoms. The first kappa shape index (κ1) is 24.6. The number of alkyl halides is 3. The van der Waals surface area contributed by atoms with Crippen LogP contribution in [-0.4, -0.2) is 37.0 Å². The number of guanidine groups is 1. The van der Waals surface area contributed by atoms with Crippen LogP contribution in [0.15, 0.2) is 47.7 Å². The minimum Gasteiger partial charge on any atom is -0.355 e. The number of hydrogen-bond acceptors (Lipinski definition) is 3. The fraction of sp³-hybridized carbons (Fsp3) is 0.278.